The molecule has 0 unspecified atom stereocenters. The molecule has 1 fully saturated rings. The Bertz CT molecular complexity index is 821. The van der Waals surface area contributed by atoms with Gasteiger partial charge in [0.15, 0.2) is 12.3 Å². The van der Waals surface area contributed by atoms with E-state index in [1.165, 1.54) is 0 Å². The number of rotatable bonds is 6. The van der Waals surface area contributed by atoms with E-state index < -0.39 is 0 Å². The Kier molecular flexibility index (Phi) is 6.34. The number of carbonyl (C=O) groups is 2. The highest BCUT2D eigenvalue weighted by molar-refractivity contribution is 5.93. The lowest BCUT2D eigenvalue weighted by Crippen LogP contribution is -2.38. The number of likely N-dealkylation sites (tertiary alicyclic amines) is 1. The van der Waals surface area contributed by atoms with Crippen LogP contribution in [0.15, 0.2) is 28.7 Å². The second-order valence-electron chi connectivity index (χ2n) is 7.37. The van der Waals surface area contributed by atoms with E-state index in [4.69, 9.17) is 9.15 Å². The van der Waals surface area contributed by atoms with Gasteiger partial charge >= 0.3 is 0 Å². The molecule has 2 aromatic rings. The summed E-state index contributed by atoms with van der Waals surface area (Å²) in [5.74, 6) is 1.69. The molecule has 0 saturated carbocycles. The number of hydrogen-bond donors (Lipinski definition) is 1. The van der Waals surface area contributed by atoms with Crippen LogP contribution in [0.5, 0.6) is 5.75 Å². The Hall–Kier alpha value is -2.83. The molecule has 2 heterocycles. The Morgan fingerprint density at radius 1 is 1.21 bits per heavy atom. The maximum atomic E-state index is 12.7. The molecule has 1 aliphatic rings. The minimum Gasteiger partial charge on any atom is -0.484 e. The summed E-state index contributed by atoms with van der Waals surface area (Å²) in [4.78, 5) is 30.8. The predicted octanol–water partition coefficient (Wildman–Crippen LogP) is 2.86. The van der Waals surface area contributed by atoms with Crippen LogP contribution in [-0.2, 0) is 11.3 Å². The second-order valence-corrected chi connectivity index (χ2v) is 7.37. The van der Waals surface area contributed by atoms with Gasteiger partial charge in [-0.3, -0.25) is 9.59 Å². The third-order valence-electron chi connectivity index (χ3n) is 4.94. The second kappa shape index (κ2) is 8.91. The van der Waals surface area contributed by atoms with Gasteiger partial charge < -0.3 is 19.4 Å². The molecule has 2 amide bonds. The zero-order valence-electron chi connectivity index (χ0n) is 16.7. The van der Waals surface area contributed by atoms with E-state index in [0.717, 1.165) is 31.5 Å². The van der Waals surface area contributed by atoms with E-state index in [1.807, 2.05) is 36.1 Å². The minimum absolute atomic E-state index is 0.0967. The zero-order valence-corrected chi connectivity index (χ0v) is 16.7. The van der Waals surface area contributed by atoms with Crippen LogP contribution in [0.3, 0.4) is 0 Å². The number of aromatic nitrogens is 1. The molecular formula is C21H27N3O4. The first kappa shape index (κ1) is 19.9. The standard InChI is InChI=1S/C21H27N3O4/c1-14-4-6-17(7-5-14)27-13-18(25)22-12-19-23-20(16(3)28-19)21(26)24-10-8-15(2)9-11-24/h4-7,15H,8-13H2,1-3H3,(H,22,25). The van der Waals surface area contributed by atoms with Crippen molar-refractivity contribution in [3.05, 3.63) is 47.2 Å². The number of aryl methyl sites for hydroxylation is 2. The topological polar surface area (TPSA) is 84.7 Å². The molecule has 1 aromatic heterocycles. The van der Waals surface area contributed by atoms with E-state index in [2.05, 4.69) is 17.2 Å². The monoisotopic (exact) mass is 385 g/mol. The lowest BCUT2D eigenvalue weighted by atomic mass is 9.99. The summed E-state index contributed by atoms with van der Waals surface area (Å²) in [5, 5.41) is 2.70. The summed E-state index contributed by atoms with van der Waals surface area (Å²) >= 11 is 0. The lowest BCUT2D eigenvalue weighted by Gasteiger charge is -2.29. The van der Waals surface area contributed by atoms with Crippen molar-refractivity contribution in [2.75, 3.05) is 19.7 Å². The third kappa shape index (κ3) is 5.12. The number of hydrogen-bond acceptors (Lipinski definition) is 5. The predicted molar refractivity (Wildman–Crippen MR) is 104 cm³/mol. The van der Waals surface area contributed by atoms with Crippen molar-refractivity contribution in [2.45, 2.75) is 40.2 Å². The fourth-order valence-corrected chi connectivity index (χ4v) is 3.10. The van der Waals surface area contributed by atoms with Crippen molar-refractivity contribution >= 4 is 11.8 Å². The van der Waals surface area contributed by atoms with E-state index in [1.54, 1.807) is 6.92 Å². The molecule has 150 valence electrons. The summed E-state index contributed by atoms with van der Waals surface area (Å²) < 4.78 is 11.0. The van der Waals surface area contributed by atoms with Gasteiger partial charge in [0, 0.05) is 13.1 Å². The molecule has 1 N–H and O–H groups in total. The number of piperidine rings is 1. The van der Waals surface area contributed by atoms with Crippen LogP contribution in [0.2, 0.25) is 0 Å². The van der Waals surface area contributed by atoms with Gasteiger partial charge in [0.2, 0.25) is 5.89 Å². The van der Waals surface area contributed by atoms with E-state index >= 15 is 0 Å². The van der Waals surface area contributed by atoms with Crippen LogP contribution < -0.4 is 10.1 Å². The Morgan fingerprint density at radius 2 is 1.89 bits per heavy atom. The van der Waals surface area contributed by atoms with E-state index in [9.17, 15) is 9.59 Å². The van der Waals surface area contributed by atoms with Crippen LogP contribution in [0.4, 0.5) is 0 Å². The van der Waals surface area contributed by atoms with Gasteiger partial charge in [0.1, 0.15) is 11.5 Å². The number of oxazole rings is 1. The van der Waals surface area contributed by atoms with Crippen molar-refractivity contribution in [1.82, 2.24) is 15.2 Å². The quantitative estimate of drug-likeness (QED) is 0.826. The summed E-state index contributed by atoms with van der Waals surface area (Å²) in [6.45, 7) is 7.41. The average Bonchev–Trinajstić information content (AvgIpc) is 3.06. The summed E-state index contributed by atoms with van der Waals surface area (Å²) in [7, 11) is 0. The maximum Gasteiger partial charge on any atom is 0.276 e. The zero-order chi connectivity index (χ0) is 20.1. The SMILES string of the molecule is Cc1ccc(OCC(=O)NCc2nc(C(=O)N3CCC(C)CC3)c(C)o2)cc1. The van der Waals surface area contributed by atoms with Gasteiger partial charge in [0.05, 0.1) is 6.54 Å². The molecule has 7 nitrogen and oxygen atoms in total. The Morgan fingerprint density at radius 3 is 2.57 bits per heavy atom. The fraction of sp³-hybridized carbons (Fsp3) is 0.476. The molecule has 0 spiro atoms. The van der Waals surface area contributed by atoms with Crippen LogP contribution in [0.25, 0.3) is 0 Å². The van der Waals surface area contributed by atoms with E-state index in [-0.39, 0.29) is 25.0 Å². The fourth-order valence-electron chi connectivity index (χ4n) is 3.10. The number of nitrogens with one attached hydrogen (secondary N) is 1. The molecule has 0 radical (unpaired) electrons. The van der Waals surface area contributed by atoms with Crippen molar-refractivity contribution in [3.63, 3.8) is 0 Å². The molecule has 3 rings (SSSR count). The van der Waals surface area contributed by atoms with Crippen molar-refractivity contribution in [3.8, 4) is 5.75 Å². The van der Waals surface area contributed by atoms with Crippen molar-refractivity contribution in [1.29, 1.82) is 0 Å². The van der Waals surface area contributed by atoms with Gasteiger partial charge in [-0.2, -0.15) is 0 Å². The first-order valence-electron chi connectivity index (χ1n) is 9.64. The van der Waals surface area contributed by atoms with E-state index in [0.29, 0.717) is 29.0 Å². The lowest BCUT2D eigenvalue weighted by molar-refractivity contribution is -0.123. The molecule has 1 saturated heterocycles. The van der Waals surface area contributed by atoms with Gasteiger partial charge in [-0.05, 0) is 44.7 Å². The van der Waals surface area contributed by atoms with Gasteiger partial charge in [-0.1, -0.05) is 24.6 Å². The Labute approximate surface area is 165 Å². The smallest absolute Gasteiger partial charge is 0.276 e. The van der Waals surface area contributed by atoms with Gasteiger partial charge in [0.25, 0.3) is 11.8 Å². The summed E-state index contributed by atoms with van der Waals surface area (Å²) in [6.07, 6.45) is 2.01. The number of benzene rings is 1. The highest BCUT2D eigenvalue weighted by Gasteiger charge is 2.26. The van der Waals surface area contributed by atoms with Crippen molar-refractivity contribution in [2.24, 2.45) is 5.92 Å². The number of amides is 2. The molecule has 1 aromatic carbocycles. The number of ether oxygens (including phenoxy) is 1. The first-order valence-corrected chi connectivity index (χ1v) is 9.64. The molecule has 0 atom stereocenters. The van der Waals surface area contributed by atoms with Crippen LogP contribution >= 0.6 is 0 Å². The van der Waals surface area contributed by atoms with Gasteiger partial charge in [-0.25, -0.2) is 4.98 Å². The normalized spacial score (nSPS) is 14.8. The Balaban J connectivity index is 1.49. The minimum atomic E-state index is -0.283. The van der Waals surface area contributed by atoms with Gasteiger partial charge in [-0.15, -0.1) is 0 Å². The first-order chi connectivity index (χ1) is 13.4. The molecular weight excluding hydrogens is 358 g/mol. The maximum absolute atomic E-state index is 12.7. The highest BCUT2D eigenvalue weighted by atomic mass is 16.5. The molecule has 28 heavy (non-hydrogen) atoms. The van der Waals surface area contributed by atoms with Crippen molar-refractivity contribution < 1.29 is 18.7 Å². The summed E-state index contributed by atoms with van der Waals surface area (Å²) in [5.41, 5.74) is 1.45. The highest BCUT2D eigenvalue weighted by Crippen LogP contribution is 2.20. The van der Waals surface area contributed by atoms with Crippen LogP contribution in [0.1, 0.15) is 47.5 Å². The molecule has 0 aliphatic carbocycles. The molecule has 1 aliphatic heterocycles. The summed E-state index contributed by atoms with van der Waals surface area (Å²) in [6, 6.07) is 7.48. The van der Waals surface area contributed by atoms with Crippen LogP contribution in [0, 0.1) is 19.8 Å². The number of carbonyl (C=O) groups excluding carboxylic acids is 2. The number of nitrogens with zero attached hydrogens (tertiary/aromatic N) is 2. The average molecular weight is 385 g/mol. The largest absolute Gasteiger partial charge is 0.484 e. The van der Waals surface area contributed by atoms with Crippen LogP contribution in [-0.4, -0.2) is 41.4 Å². The molecule has 7 heteroatoms. The molecule has 0 bridgehead atoms. The third-order valence-corrected chi connectivity index (χ3v) is 4.94.